The van der Waals surface area contributed by atoms with Gasteiger partial charge in [0.2, 0.25) is 0 Å². The van der Waals surface area contributed by atoms with E-state index in [4.69, 9.17) is 5.26 Å². The van der Waals surface area contributed by atoms with Crippen LogP contribution < -0.4 is 5.32 Å². The van der Waals surface area contributed by atoms with Gasteiger partial charge in [-0.05, 0) is 6.42 Å². The second-order valence-electron chi connectivity index (χ2n) is 3.02. The molecule has 1 aromatic rings. The van der Waals surface area contributed by atoms with Gasteiger partial charge >= 0.3 is 0 Å². The normalized spacial score (nSPS) is 9.71. The SMILES string of the molecule is CCCCCNc1snnc1CC#N. The summed E-state index contributed by atoms with van der Waals surface area (Å²) in [7, 11) is 0. The summed E-state index contributed by atoms with van der Waals surface area (Å²) in [6, 6.07) is 2.08. The maximum Gasteiger partial charge on any atom is 0.134 e. The van der Waals surface area contributed by atoms with Gasteiger partial charge in [-0.25, -0.2) is 0 Å². The van der Waals surface area contributed by atoms with Gasteiger partial charge in [0.15, 0.2) is 0 Å². The topological polar surface area (TPSA) is 61.6 Å². The van der Waals surface area contributed by atoms with Crippen molar-refractivity contribution in [2.45, 2.75) is 32.6 Å². The van der Waals surface area contributed by atoms with Gasteiger partial charge in [-0.15, -0.1) is 5.10 Å². The van der Waals surface area contributed by atoms with Crippen LogP contribution in [0.3, 0.4) is 0 Å². The summed E-state index contributed by atoms with van der Waals surface area (Å²) in [5.41, 5.74) is 0.772. The fraction of sp³-hybridized carbons (Fsp3) is 0.667. The van der Waals surface area contributed by atoms with Crippen LogP contribution in [0, 0.1) is 11.3 Å². The fourth-order valence-corrected chi connectivity index (χ4v) is 1.72. The molecule has 1 heterocycles. The number of hydrogen-bond donors (Lipinski definition) is 1. The maximum atomic E-state index is 8.53. The highest BCUT2D eigenvalue weighted by atomic mass is 32.1. The molecule has 0 radical (unpaired) electrons. The van der Waals surface area contributed by atoms with E-state index in [9.17, 15) is 0 Å². The van der Waals surface area contributed by atoms with Crippen molar-refractivity contribution in [3.63, 3.8) is 0 Å². The van der Waals surface area contributed by atoms with Crippen LogP contribution in [-0.4, -0.2) is 16.1 Å². The van der Waals surface area contributed by atoms with Gasteiger partial charge in [0.05, 0.1) is 12.5 Å². The molecule has 0 amide bonds. The predicted molar refractivity (Wildman–Crippen MR) is 57.2 cm³/mol. The van der Waals surface area contributed by atoms with E-state index in [1.807, 2.05) is 0 Å². The summed E-state index contributed by atoms with van der Waals surface area (Å²) in [5.74, 6) is 0. The minimum absolute atomic E-state index is 0.340. The van der Waals surface area contributed by atoms with Crippen molar-refractivity contribution >= 4 is 16.5 Å². The molecule has 1 N–H and O–H groups in total. The van der Waals surface area contributed by atoms with Gasteiger partial charge in [-0.2, -0.15) is 5.26 Å². The third-order valence-electron chi connectivity index (χ3n) is 1.87. The van der Waals surface area contributed by atoms with Crippen LogP contribution in [0.2, 0.25) is 0 Å². The Balaban J connectivity index is 2.35. The molecular weight excluding hydrogens is 196 g/mol. The second kappa shape index (κ2) is 6.33. The van der Waals surface area contributed by atoms with E-state index in [0.29, 0.717) is 6.42 Å². The monoisotopic (exact) mass is 210 g/mol. The number of anilines is 1. The van der Waals surface area contributed by atoms with Crippen molar-refractivity contribution in [2.24, 2.45) is 0 Å². The van der Waals surface area contributed by atoms with E-state index in [1.165, 1.54) is 24.4 Å². The van der Waals surface area contributed by atoms with Crippen LogP contribution in [0.4, 0.5) is 5.00 Å². The molecule has 1 rings (SSSR count). The molecule has 0 saturated heterocycles. The second-order valence-corrected chi connectivity index (χ2v) is 3.77. The van der Waals surface area contributed by atoms with E-state index >= 15 is 0 Å². The number of aromatic nitrogens is 2. The molecule has 0 aliphatic rings. The molecule has 0 fully saturated rings. The Morgan fingerprint density at radius 2 is 2.36 bits per heavy atom. The third-order valence-corrected chi connectivity index (χ3v) is 2.59. The quantitative estimate of drug-likeness (QED) is 0.731. The first-order valence-electron chi connectivity index (χ1n) is 4.80. The number of nitrogens with one attached hydrogen (secondary N) is 1. The maximum absolute atomic E-state index is 8.53. The number of rotatable bonds is 6. The predicted octanol–water partition coefficient (Wildman–Crippen LogP) is 2.21. The molecule has 0 saturated carbocycles. The number of nitriles is 1. The highest BCUT2D eigenvalue weighted by molar-refractivity contribution is 7.10. The lowest BCUT2D eigenvalue weighted by molar-refractivity contribution is 0.744. The number of hydrogen-bond acceptors (Lipinski definition) is 5. The van der Waals surface area contributed by atoms with Crippen LogP contribution in [0.5, 0.6) is 0 Å². The van der Waals surface area contributed by atoms with Gasteiger partial charge in [-0.1, -0.05) is 24.3 Å². The fourth-order valence-electron chi connectivity index (χ4n) is 1.11. The average Bonchev–Trinajstić information content (AvgIpc) is 2.61. The molecule has 14 heavy (non-hydrogen) atoms. The number of nitrogens with zero attached hydrogens (tertiary/aromatic N) is 3. The molecule has 0 atom stereocenters. The van der Waals surface area contributed by atoms with Gasteiger partial charge in [0, 0.05) is 18.1 Å². The number of unbranched alkanes of at least 4 members (excludes halogenated alkanes) is 2. The Morgan fingerprint density at radius 1 is 1.50 bits per heavy atom. The highest BCUT2D eigenvalue weighted by Crippen LogP contribution is 2.17. The molecule has 1 aromatic heterocycles. The van der Waals surface area contributed by atoms with Crippen molar-refractivity contribution in [2.75, 3.05) is 11.9 Å². The summed E-state index contributed by atoms with van der Waals surface area (Å²) in [4.78, 5) is 0. The van der Waals surface area contributed by atoms with E-state index < -0.39 is 0 Å². The lowest BCUT2D eigenvalue weighted by Crippen LogP contribution is -2.01. The molecule has 0 spiro atoms. The van der Waals surface area contributed by atoms with Crippen molar-refractivity contribution < 1.29 is 0 Å². The van der Waals surface area contributed by atoms with Crippen LogP contribution in [-0.2, 0) is 6.42 Å². The minimum atomic E-state index is 0.340. The highest BCUT2D eigenvalue weighted by Gasteiger charge is 2.05. The third kappa shape index (κ3) is 3.30. The summed E-state index contributed by atoms with van der Waals surface area (Å²) in [6.07, 6.45) is 3.94. The van der Waals surface area contributed by atoms with Crippen molar-refractivity contribution in [3.8, 4) is 6.07 Å². The Labute approximate surface area is 88.1 Å². The lowest BCUT2D eigenvalue weighted by Gasteiger charge is -2.02. The molecule has 0 unspecified atom stereocenters. The zero-order chi connectivity index (χ0) is 10.2. The van der Waals surface area contributed by atoms with Crippen molar-refractivity contribution in [1.29, 1.82) is 5.26 Å². The zero-order valence-corrected chi connectivity index (χ0v) is 9.10. The van der Waals surface area contributed by atoms with E-state index in [-0.39, 0.29) is 0 Å². The molecule has 0 aliphatic heterocycles. The van der Waals surface area contributed by atoms with E-state index in [1.54, 1.807) is 0 Å². The molecule has 76 valence electrons. The van der Waals surface area contributed by atoms with Gasteiger partial charge in [0.25, 0.3) is 0 Å². The largest absolute Gasteiger partial charge is 0.374 e. The summed E-state index contributed by atoms with van der Waals surface area (Å²) in [5, 5.41) is 16.6. The zero-order valence-electron chi connectivity index (χ0n) is 8.29. The smallest absolute Gasteiger partial charge is 0.134 e. The first-order chi connectivity index (χ1) is 6.88. The summed E-state index contributed by atoms with van der Waals surface area (Å²) < 4.78 is 3.82. The van der Waals surface area contributed by atoms with Gasteiger partial charge < -0.3 is 5.32 Å². The van der Waals surface area contributed by atoms with Crippen LogP contribution in [0.1, 0.15) is 31.9 Å². The van der Waals surface area contributed by atoms with Gasteiger partial charge in [-0.3, -0.25) is 0 Å². The first-order valence-corrected chi connectivity index (χ1v) is 5.58. The molecule has 0 aromatic carbocycles. The van der Waals surface area contributed by atoms with Gasteiger partial charge in [0.1, 0.15) is 10.7 Å². The molecule has 4 nitrogen and oxygen atoms in total. The van der Waals surface area contributed by atoms with Crippen molar-refractivity contribution in [1.82, 2.24) is 9.59 Å². The lowest BCUT2D eigenvalue weighted by atomic mass is 10.2. The molecule has 0 aliphatic carbocycles. The molecule has 5 heteroatoms. The Bertz CT molecular complexity index is 302. The summed E-state index contributed by atoms with van der Waals surface area (Å²) in [6.45, 7) is 3.12. The van der Waals surface area contributed by atoms with E-state index in [0.717, 1.165) is 23.7 Å². The Kier molecular flexibility index (Phi) is 4.94. The molecule has 0 bridgehead atoms. The minimum Gasteiger partial charge on any atom is -0.374 e. The Morgan fingerprint density at radius 3 is 3.07 bits per heavy atom. The van der Waals surface area contributed by atoms with Crippen molar-refractivity contribution in [3.05, 3.63) is 5.69 Å². The van der Waals surface area contributed by atoms with Crippen LogP contribution in [0.25, 0.3) is 0 Å². The van der Waals surface area contributed by atoms with E-state index in [2.05, 4.69) is 27.9 Å². The Hall–Kier alpha value is -1.15. The standard InChI is InChI=1S/C9H14N4S/c1-2-3-4-7-11-9-8(5-6-10)12-13-14-9/h11H,2-5,7H2,1H3. The van der Waals surface area contributed by atoms with Crippen LogP contribution >= 0.6 is 11.5 Å². The van der Waals surface area contributed by atoms with Crippen LogP contribution in [0.15, 0.2) is 0 Å². The first kappa shape index (κ1) is 10.9. The average molecular weight is 210 g/mol. The molecular formula is C9H14N4S. The summed E-state index contributed by atoms with van der Waals surface area (Å²) >= 11 is 1.32.